The summed E-state index contributed by atoms with van der Waals surface area (Å²) < 4.78 is 4.96. The van der Waals surface area contributed by atoms with Gasteiger partial charge in [0.1, 0.15) is 6.04 Å². The van der Waals surface area contributed by atoms with Crippen LogP contribution in [0.3, 0.4) is 0 Å². The molecule has 1 fully saturated rings. The molecule has 0 radical (unpaired) electrons. The van der Waals surface area contributed by atoms with E-state index in [0.29, 0.717) is 12.8 Å². The second-order valence-corrected chi connectivity index (χ2v) is 8.07. The minimum absolute atomic E-state index is 0.123. The summed E-state index contributed by atoms with van der Waals surface area (Å²) in [5, 5.41) is 12.2. The molecule has 7 heteroatoms. The van der Waals surface area contributed by atoms with Crippen molar-refractivity contribution in [3.05, 3.63) is 35.9 Å². The highest BCUT2D eigenvalue weighted by molar-refractivity contribution is 5.92. The van der Waals surface area contributed by atoms with Gasteiger partial charge in [-0.3, -0.25) is 14.9 Å². The van der Waals surface area contributed by atoms with E-state index in [1.807, 2.05) is 51.1 Å². The van der Waals surface area contributed by atoms with Crippen LogP contribution in [0.5, 0.6) is 0 Å². The molecule has 7 nitrogen and oxygen atoms in total. The molecule has 0 bridgehead atoms. The SMILES string of the molecule is COC(=O)[C@H](Cc1ccccc1)N1C(=O)C(CC(=O)O)N[C@H]1CC(C)(C)C. The number of carboxylic acid groups (broad SMARTS) is 1. The smallest absolute Gasteiger partial charge is 0.328 e. The summed E-state index contributed by atoms with van der Waals surface area (Å²) in [5.41, 5.74) is 0.777. The molecule has 2 rings (SSSR count). The van der Waals surface area contributed by atoms with E-state index in [2.05, 4.69) is 5.32 Å². The lowest BCUT2D eigenvalue weighted by Gasteiger charge is -2.34. The van der Waals surface area contributed by atoms with Crippen LogP contribution < -0.4 is 5.32 Å². The fourth-order valence-electron chi connectivity index (χ4n) is 3.41. The molecule has 1 aromatic rings. The number of rotatable bonds is 7. The quantitative estimate of drug-likeness (QED) is 0.705. The maximum atomic E-state index is 13.0. The molecule has 148 valence electrons. The number of carbonyl (C=O) groups excluding carboxylic acids is 2. The Morgan fingerprint density at radius 3 is 2.41 bits per heavy atom. The first-order valence-corrected chi connectivity index (χ1v) is 9.04. The van der Waals surface area contributed by atoms with E-state index >= 15 is 0 Å². The van der Waals surface area contributed by atoms with Crippen molar-refractivity contribution in [2.75, 3.05) is 7.11 Å². The molecule has 1 aliphatic heterocycles. The largest absolute Gasteiger partial charge is 0.481 e. The van der Waals surface area contributed by atoms with Crippen LogP contribution in [0.2, 0.25) is 0 Å². The number of carbonyl (C=O) groups is 3. The van der Waals surface area contributed by atoms with E-state index < -0.39 is 30.2 Å². The van der Waals surface area contributed by atoms with Crippen LogP contribution >= 0.6 is 0 Å². The summed E-state index contributed by atoms with van der Waals surface area (Å²) in [6, 6.07) is 7.72. The average molecular weight is 376 g/mol. The lowest BCUT2D eigenvalue weighted by molar-refractivity contribution is -0.153. The first-order valence-electron chi connectivity index (χ1n) is 9.04. The molecule has 1 amide bonds. The maximum absolute atomic E-state index is 13.0. The second-order valence-electron chi connectivity index (χ2n) is 8.07. The number of benzene rings is 1. The van der Waals surface area contributed by atoms with E-state index in [0.717, 1.165) is 5.56 Å². The molecule has 3 atom stereocenters. The second kappa shape index (κ2) is 8.52. The Labute approximate surface area is 159 Å². The number of aliphatic carboxylic acids is 1. The highest BCUT2D eigenvalue weighted by Gasteiger charge is 2.46. The molecule has 27 heavy (non-hydrogen) atoms. The van der Waals surface area contributed by atoms with Gasteiger partial charge in [0.25, 0.3) is 0 Å². The van der Waals surface area contributed by atoms with Crippen molar-refractivity contribution in [2.45, 2.75) is 58.3 Å². The topological polar surface area (TPSA) is 95.9 Å². The van der Waals surface area contributed by atoms with Crippen LogP contribution in [0.4, 0.5) is 0 Å². The molecule has 0 saturated carbocycles. The third-order valence-electron chi connectivity index (χ3n) is 4.55. The average Bonchev–Trinajstić information content (AvgIpc) is 2.86. The summed E-state index contributed by atoms with van der Waals surface area (Å²) in [4.78, 5) is 38.1. The zero-order valence-corrected chi connectivity index (χ0v) is 16.3. The number of nitrogens with zero attached hydrogens (tertiary/aromatic N) is 1. The van der Waals surface area contributed by atoms with Crippen LogP contribution in [0.15, 0.2) is 30.3 Å². The number of hydrogen-bond donors (Lipinski definition) is 2. The molecule has 1 aromatic carbocycles. The number of methoxy groups -OCH3 is 1. The van der Waals surface area contributed by atoms with Gasteiger partial charge in [-0.15, -0.1) is 0 Å². The van der Waals surface area contributed by atoms with Crippen LogP contribution in [0, 0.1) is 5.41 Å². The predicted octanol–water partition coefficient (Wildman–Crippen LogP) is 1.81. The highest BCUT2D eigenvalue weighted by Crippen LogP contribution is 2.29. The van der Waals surface area contributed by atoms with Gasteiger partial charge in [0, 0.05) is 6.42 Å². The van der Waals surface area contributed by atoms with Crippen LogP contribution in [0.25, 0.3) is 0 Å². The van der Waals surface area contributed by atoms with Gasteiger partial charge in [0.05, 0.1) is 25.7 Å². The Morgan fingerprint density at radius 2 is 1.89 bits per heavy atom. The van der Waals surface area contributed by atoms with Gasteiger partial charge in [-0.25, -0.2) is 4.79 Å². The molecule has 0 aliphatic carbocycles. The van der Waals surface area contributed by atoms with Gasteiger partial charge in [-0.1, -0.05) is 51.1 Å². The molecular weight excluding hydrogens is 348 g/mol. The number of amides is 1. The molecule has 1 aliphatic rings. The Balaban J connectivity index is 2.36. The van der Waals surface area contributed by atoms with Gasteiger partial charge >= 0.3 is 11.9 Å². The van der Waals surface area contributed by atoms with Crippen molar-refractivity contribution in [3.8, 4) is 0 Å². The third kappa shape index (κ3) is 5.53. The Bertz CT molecular complexity index is 683. The normalized spacial score (nSPS) is 21.2. The summed E-state index contributed by atoms with van der Waals surface area (Å²) in [5.74, 6) is -1.95. The maximum Gasteiger partial charge on any atom is 0.328 e. The van der Waals surface area contributed by atoms with Gasteiger partial charge in [0.2, 0.25) is 5.91 Å². The van der Waals surface area contributed by atoms with Gasteiger partial charge in [-0.05, 0) is 17.4 Å². The number of esters is 1. The highest BCUT2D eigenvalue weighted by atomic mass is 16.5. The third-order valence-corrected chi connectivity index (χ3v) is 4.55. The van der Waals surface area contributed by atoms with E-state index in [1.165, 1.54) is 12.0 Å². The number of nitrogens with one attached hydrogen (secondary N) is 1. The number of carboxylic acids is 1. The van der Waals surface area contributed by atoms with Gasteiger partial charge < -0.3 is 14.7 Å². The van der Waals surface area contributed by atoms with E-state index in [4.69, 9.17) is 9.84 Å². The van der Waals surface area contributed by atoms with Gasteiger partial charge in [-0.2, -0.15) is 0 Å². The fourth-order valence-corrected chi connectivity index (χ4v) is 3.41. The number of hydrogen-bond acceptors (Lipinski definition) is 5. The van der Waals surface area contributed by atoms with Gasteiger partial charge in [0.15, 0.2) is 0 Å². The predicted molar refractivity (Wildman–Crippen MR) is 99.8 cm³/mol. The molecule has 0 spiro atoms. The van der Waals surface area contributed by atoms with Crippen LogP contribution in [-0.2, 0) is 25.5 Å². The fraction of sp³-hybridized carbons (Fsp3) is 0.550. The minimum Gasteiger partial charge on any atom is -0.481 e. The van der Waals surface area contributed by atoms with Crippen LogP contribution in [-0.4, -0.2) is 53.2 Å². The first kappa shape index (κ1) is 20.9. The van der Waals surface area contributed by atoms with E-state index in [-0.39, 0.29) is 17.7 Å². The van der Waals surface area contributed by atoms with Crippen molar-refractivity contribution in [3.63, 3.8) is 0 Å². The van der Waals surface area contributed by atoms with E-state index in [1.54, 1.807) is 0 Å². The van der Waals surface area contributed by atoms with Crippen LogP contribution in [0.1, 0.15) is 39.2 Å². The molecular formula is C20H28N2O5. The van der Waals surface area contributed by atoms with Crippen molar-refractivity contribution >= 4 is 17.8 Å². The Morgan fingerprint density at radius 1 is 1.26 bits per heavy atom. The summed E-state index contributed by atoms with van der Waals surface area (Å²) in [6.45, 7) is 6.10. The summed E-state index contributed by atoms with van der Waals surface area (Å²) in [7, 11) is 1.29. The Kier molecular flexibility index (Phi) is 6.59. The van der Waals surface area contributed by atoms with Crippen molar-refractivity contribution in [1.29, 1.82) is 0 Å². The zero-order chi connectivity index (χ0) is 20.2. The first-order chi connectivity index (χ1) is 12.6. The lowest BCUT2D eigenvalue weighted by atomic mass is 9.90. The van der Waals surface area contributed by atoms with Crippen molar-refractivity contribution < 1.29 is 24.2 Å². The summed E-state index contributed by atoms with van der Waals surface area (Å²) in [6.07, 6.45) is 0.128. The molecule has 0 aromatic heterocycles. The molecule has 2 N–H and O–H groups in total. The van der Waals surface area contributed by atoms with E-state index in [9.17, 15) is 14.4 Å². The standard InChI is InChI=1S/C20H28N2O5/c1-20(2,3)12-16-21-14(11-17(23)24)18(25)22(16)15(19(26)27-4)10-13-8-6-5-7-9-13/h5-9,14-16,21H,10-12H2,1-4H3,(H,23,24)/t14?,15-,16+/m0/s1. The zero-order valence-electron chi connectivity index (χ0n) is 16.3. The van der Waals surface area contributed by atoms with Crippen molar-refractivity contribution in [1.82, 2.24) is 10.2 Å². The summed E-state index contributed by atoms with van der Waals surface area (Å²) >= 11 is 0. The lowest BCUT2D eigenvalue weighted by Crippen LogP contribution is -2.51. The molecule has 1 heterocycles. The Hall–Kier alpha value is -2.41. The number of ether oxygens (including phenoxy) is 1. The molecule has 1 saturated heterocycles. The van der Waals surface area contributed by atoms with Crippen molar-refractivity contribution in [2.24, 2.45) is 5.41 Å². The monoisotopic (exact) mass is 376 g/mol. The molecule has 1 unspecified atom stereocenters. The minimum atomic E-state index is -1.06.